The van der Waals surface area contributed by atoms with Gasteiger partial charge in [-0.3, -0.25) is 4.79 Å². The number of aryl methyl sites for hydroxylation is 1. The van der Waals surface area contributed by atoms with Gasteiger partial charge in [0.2, 0.25) is 5.89 Å². The Bertz CT molecular complexity index is 1010. The highest BCUT2D eigenvalue weighted by atomic mass is 16.4. The number of rotatable bonds is 6. The van der Waals surface area contributed by atoms with Gasteiger partial charge in [-0.05, 0) is 31.0 Å². The van der Waals surface area contributed by atoms with Crippen LogP contribution in [0.15, 0.2) is 47.0 Å². The Hall–Kier alpha value is -3.08. The predicted molar refractivity (Wildman–Crippen MR) is 103 cm³/mol. The standard InChI is InChI=1S/C21H22N2O3/c1-4-5-6-7-8-16-14(2)23(3)13-17(16)21-22-18-10-9-15(12-20(24)25)11-19(18)26-21/h5-11,13H,4,12H2,1-3H3,(H,24,25)/b6-5+,8-7-. The molecular formula is C21H22N2O3. The molecule has 2 aromatic heterocycles. The summed E-state index contributed by atoms with van der Waals surface area (Å²) in [5, 5.41) is 8.95. The zero-order valence-corrected chi connectivity index (χ0v) is 15.2. The third-order valence-corrected chi connectivity index (χ3v) is 4.32. The number of allylic oxidation sites excluding steroid dienone is 3. The molecule has 5 heteroatoms. The number of aromatic nitrogens is 2. The molecule has 1 aromatic carbocycles. The summed E-state index contributed by atoms with van der Waals surface area (Å²) in [5.41, 5.74) is 5.11. The predicted octanol–water partition coefficient (Wildman–Crippen LogP) is 4.75. The number of carboxylic acids is 1. The number of carbonyl (C=O) groups is 1. The van der Waals surface area contributed by atoms with Crippen molar-refractivity contribution in [2.45, 2.75) is 26.7 Å². The Balaban J connectivity index is 2.03. The van der Waals surface area contributed by atoms with Gasteiger partial charge in [-0.1, -0.05) is 37.3 Å². The lowest BCUT2D eigenvalue weighted by Crippen LogP contribution is -1.99. The van der Waals surface area contributed by atoms with Gasteiger partial charge in [0, 0.05) is 24.5 Å². The first kappa shape index (κ1) is 17.7. The molecule has 0 amide bonds. The van der Waals surface area contributed by atoms with Crippen LogP contribution in [0, 0.1) is 6.92 Å². The summed E-state index contributed by atoms with van der Waals surface area (Å²) in [6.07, 6.45) is 11.2. The molecule has 0 saturated carbocycles. The summed E-state index contributed by atoms with van der Waals surface area (Å²) in [4.78, 5) is 15.5. The lowest BCUT2D eigenvalue weighted by Gasteiger charge is -1.97. The SMILES string of the molecule is CC/C=C/C=C\c1c(-c2nc3ccc(CC(=O)O)cc3o2)cn(C)c1C. The molecule has 5 nitrogen and oxygen atoms in total. The zero-order valence-electron chi connectivity index (χ0n) is 15.2. The van der Waals surface area contributed by atoms with Crippen molar-refractivity contribution in [1.82, 2.24) is 9.55 Å². The summed E-state index contributed by atoms with van der Waals surface area (Å²) in [7, 11) is 1.99. The number of carboxylic acid groups (broad SMARTS) is 1. The maximum Gasteiger partial charge on any atom is 0.307 e. The quantitative estimate of drug-likeness (QED) is 0.652. The van der Waals surface area contributed by atoms with Crippen LogP contribution in [0.3, 0.4) is 0 Å². The van der Waals surface area contributed by atoms with Crippen LogP contribution in [-0.4, -0.2) is 20.6 Å². The van der Waals surface area contributed by atoms with E-state index in [-0.39, 0.29) is 6.42 Å². The first-order valence-electron chi connectivity index (χ1n) is 8.60. The molecule has 0 aliphatic heterocycles. The van der Waals surface area contributed by atoms with Gasteiger partial charge in [0.25, 0.3) is 0 Å². The van der Waals surface area contributed by atoms with Gasteiger partial charge in [-0.15, -0.1) is 0 Å². The third kappa shape index (κ3) is 3.61. The Morgan fingerprint density at radius 2 is 2.15 bits per heavy atom. The van der Waals surface area contributed by atoms with Gasteiger partial charge in [-0.25, -0.2) is 4.98 Å². The van der Waals surface area contributed by atoms with Gasteiger partial charge >= 0.3 is 5.97 Å². The molecule has 0 bridgehead atoms. The number of aliphatic carboxylic acids is 1. The van der Waals surface area contributed by atoms with Crippen molar-refractivity contribution >= 4 is 23.1 Å². The number of fused-ring (bicyclic) bond motifs is 1. The minimum absolute atomic E-state index is 0.0336. The zero-order chi connectivity index (χ0) is 18.7. The monoisotopic (exact) mass is 350 g/mol. The highest BCUT2D eigenvalue weighted by molar-refractivity contribution is 5.81. The van der Waals surface area contributed by atoms with Crippen LogP contribution >= 0.6 is 0 Å². The van der Waals surface area contributed by atoms with E-state index in [0.717, 1.165) is 28.8 Å². The molecule has 26 heavy (non-hydrogen) atoms. The topological polar surface area (TPSA) is 68.3 Å². The Kier molecular flexibility index (Phi) is 5.07. The fourth-order valence-corrected chi connectivity index (χ4v) is 2.86. The van der Waals surface area contributed by atoms with E-state index < -0.39 is 5.97 Å². The van der Waals surface area contributed by atoms with E-state index >= 15 is 0 Å². The third-order valence-electron chi connectivity index (χ3n) is 4.32. The maximum absolute atomic E-state index is 10.9. The number of hydrogen-bond donors (Lipinski definition) is 1. The van der Waals surface area contributed by atoms with Gasteiger partial charge < -0.3 is 14.1 Å². The van der Waals surface area contributed by atoms with Crippen LogP contribution in [0.25, 0.3) is 28.6 Å². The second kappa shape index (κ2) is 7.44. The molecule has 1 N–H and O–H groups in total. The summed E-state index contributed by atoms with van der Waals surface area (Å²) in [6, 6.07) is 5.32. The molecule has 3 rings (SSSR count). The van der Waals surface area contributed by atoms with Gasteiger partial charge in [0.15, 0.2) is 5.58 Å². The molecule has 2 heterocycles. The van der Waals surface area contributed by atoms with E-state index in [2.05, 4.69) is 31.0 Å². The Morgan fingerprint density at radius 1 is 1.35 bits per heavy atom. The van der Waals surface area contributed by atoms with Crippen molar-refractivity contribution < 1.29 is 14.3 Å². The van der Waals surface area contributed by atoms with E-state index in [0.29, 0.717) is 17.0 Å². The summed E-state index contributed by atoms with van der Waals surface area (Å²) < 4.78 is 7.99. The molecule has 0 spiro atoms. The van der Waals surface area contributed by atoms with E-state index in [4.69, 9.17) is 9.52 Å². The van der Waals surface area contributed by atoms with Crippen LogP contribution in [0.5, 0.6) is 0 Å². The molecular weight excluding hydrogens is 328 g/mol. The van der Waals surface area contributed by atoms with Crippen LogP contribution < -0.4 is 0 Å². The van der Waals surface area contributed by atoms with E-state index in [1.807, 2.05) is 30.0 Å². The second-order valence-electron chi connectivity index (χ2n) is 6.24. The van der Waals surface area contributed by atoms with Crippen molar-refractivity contribution in [3.8, 4) is 11.5 Å². The smallest absolute Gasteiger partial charge is 0.307 e. The molecule has 0 atom stereocenters. The lowest BCUT2D eigenvalue weighted by atomic mass is 10.1. The molecule has 3 aromatic rings. The second-order valence-corrected chi connectivity index (χ2v) is 6.24. The summed E-state index contributed by atoms with van der Waals surface area (Å²) in [6.45, 7) is 4.15. The van der Waals surface area contributed by atoms with Crippen molar-refractivity contribution in [1.29, 1.82) is 0 Å². The van der Waals surface area contributed by atoms with Gasteiger partial charge in [0.1, 0.15) is 5.52 Å². The van der Waals surface area contributed by atoms with Crippen molar-refractivity contribution in [3.05, 3.63) is 59.4 Å². The normalized spacial score (nSPS) is 12.0. The van der Waals surface area contributed by atoms with Crippen LogP contribution in [-0.2, 0) is 18.3 Å². The van der Waals surface area contributed by atoms with Crippen molar-refractivity contribution in [2.75, 3.05) is 0 Å². The first-order chi connectivity index (χ1) is 12.5. The van der Waals surface area contributed by atoms with Crippen LogP contribution in [0.1, 0.15) is 30.2 Å². The van der Waals surface area contributed by atoms with E-state index in [1.54, 1.807) is 18.2 Å². The first-order valence-corrected chi connectivity index (χ1v) is 8.60. The molecule has 0 radical (unpaired) electrons. The van der Waals surface area contributed by atoms with Gasteiger partial charge in [0.05, 0.1) is 12.0 Å². The highest BCUT2D eigenvalue weighted by Gasteiger charge is 2.16. The fraction of sp³-hybridized carbons (Fsp3) is 0.238. The minimum atomic E-state index is -0.865. The molecule has 0 saturated heterocycles. The molecule has 0 aliphatic carbocycles. The summed E-state index contributed by atoms with van der Waals surface area (Å²) in [5.74, 6) is -0.328. The number of benzene rings is 1. The van der Waals surface area contributed by atoms with Crippen LogP contribution in [0.2, 0.25) is 0 Å². The average molecular weight is 350 g/mol. The van der Waals surface area contributed by atoms with E-state index in [9.17, 15) is 4.79 Å². The molecule has 0 aliphatic rings. The number of nitrogens with zero attached hydrogens (tertiary/aromatic N) is 2. The van der Waals surface area contributed by atoms with Crippen molar-refractivity contribution in [2.24, 2.45) is 7.05 Å². The largest absolute Gasteiger partial charge is 0.481 e. The van der Waals surface area contributed by atoms with Crippen LogP contribution in [0.4, 0.5) is 0 Å². The fourth-order valence-electron chi connectivity index (χ4n) is 2.86. The lowest BCUT2D eigenvalue weighted by molar-refractivity contribution is -0.136. The molecule has 134 valence electrons. The Morgan fingerprint density at radius 3 is 2.88 bits per heavy atom. The van der Waals surface area contributed by atoms with Crippen molar-refractivity contribution in [3.63, 3.8) is 0 Å². The summed E-state index contributed by atoms with van der Waals surface area (Å²) >= 11 is 0. The molecule has 0 fully saturated rings. The Labute approximate surface area is 152 Å². The average Bonchev–Trinajstić information content (AvgIpc) is 3.13. The number of oxazole rings is 1. The number of hydrogen-bond acceptors (Lipinski definition) is 3. The van der Waals surface area contributed by atoms with E-state index in [1.165, 1.54) is 0 Å². The van der Waals surface area contributed by atoms with Gasteiger partial charge in [-0.2, -0.15) is 0 Å². The minimum Gasteiger partial charge on any atom is -0.481 e. The highest BCUT2D eigenvalue weighted by Crippen LogP contribution is 2.31. The maximum atomic E-state index is 10.9. The molecule has 0 unspecified atom stereocenters.